The lowest BCUT2D eigenvalue weighted by atomic mass is 10.0. The van der Waals surface area contributed by atoms with Gasteiger partial charge in [-0.1, -0.05) is 38.1 Å². The van der Waals surface area contributed by atoms with E-state index >= 15 is 0 Å². The minimum absolute atomic E-state index is 0.219. The average Bonchev–Trinajstić information content (AvgIpc) is 2.65. The first-order chi connectivity index (χ1) is 12.8. The number of hydrogen-bond acceptors (Lipinski definition) is 3. The Hall–Kier alpha value is -2.53. The summed E-state index contributed by atoms with van der Waals surface area (Å²) in [7, 11) is 0. The van der Waals surface area contributed by atoms with E-state index in [0.29, 0.717) is 16.5 Å². The summed E-state index contributed by atoms with van der Waals surface area (Å²) in [5.41, 5.74) is 3.59. The number of anilines is 1. The second-order valence-electron chi connectivity index (χ2n) is 6.26. The van der Waals surface area contributed by atoms with Gasteiger partial charge in [0, 0.05) is 30.6 Å². The molecule has 2 rings (SSSR count). The highest BCUT2D eigenvalue weighted by atomic mass is 35.5. The van der Waals surface area contributed by atoms with E-state index in [4.69, 9.17) is 16.3 Å². The summed E-state index contributed by atoms with van der Waals surface area (Å²) in [5, 5.41) is 15.9. The van der Waals surface area contributed by atoms with Crippen LogP contribution in [-0.4, -0.2) is 12.5 Å². The second kappa shape index (κ2) is 8.91. The number of hydrogen-bond donors (Lipinski definition) is 1. The largest absolute Gasteiger partial charge is 0.618 e. The van der Waals surface area contributed by atoms with Crippen LogP contribution in [0.15, 0.2) is 30.9 Å². The fourth-order valence-corrected chi connectivity index (χ4v) is 3.29. The summed E-state index contributed by atoms with van der Waals surface area (Å²) in [5.74, 6) is -0.0255. The Labute approximate surface area is 165 Å². The number of aryl methyl sites for hydroxylation is 3. The van der Waals surface area contributed by atoms with Gasteiger partial charge in [0.1, 0.15) is 17.9 Å². The molecule has 1 aromatic heterocycles. The van der Waals surface area contributed by atoms with E-state index in [2.05, 4.69) is 11.9 Å². The van der Waals surface area contributed by atoms with Crippen LogP contribution in [0.25, 0.3) is 0 Å². The van der Waals surface area contributed by atoms with Crippen LogP contribution in [0.5, 0.6) is 5.75 Å². The average molecular weight is 389 g/mol. The molecule has 27 heavy (non-hydrogen) atoms. The number of ether oxygens (including phenoxy) is 1. The third-order valence-electron chi connectivity index (χ3n) is 4.42. The molecule has 1 heterocycles. The van der Waals surface area contributed by atoms with E-state index in [1.807, 2.05) is 26.0 Å². The van der Waals surface area contributed by atoms with Gasteiger partial charge < -0.3 is 15.3 Å². The number of nitrogens with zero attached hydrogens (tertiary/aromatic N) is 1. The number of carbonyl (C=O) groups is 1. The van der Waals surface area contributed by atoms with Crippen molar-refractivity contribution in [1.29, 1.82) is 0 Å². The van der Waals surface area contributed by atoms with Crippen molar-refractivity contribution < 1.29 is 14.3 Å². The molecule has 5 nitrogen and oxygen atoms in total. The Kier molecular flexibility index (Phi) is 6.86. The Bertz CT molecular complexity index is 853. The maximum atomic E-state index is 13.1. The maximum Gasteiger partial charge on any atom is 0.265 e. The molecule has 0 aliphatic carbocycles. The Morgan fingerprint density at radius 1 is 1.26 bits per heavy atom. The summed E-state index contributed by atoms with van der Waals surface area (Å²) in [6.07, 6.45) is 3.03. The van der Waals surface area contributed by atoms with Crippen LogP contribution in [0.1, 0.15) is 46.7 Å². The third kappa shape index (κ3) is 4.42. The van der Waals surface area contributed by atoms with Crippen molar-refractivity contribution in [2.75, 3.05) is 11.9 Å². The number of carbonyl (C=O) groups excluding carboxylic acids is 1. The van der Waals surface area contributed by atoms with Crippen LogP contribution < -0.4 is 14.8 Å². The molecule has 0 spiro atoms. The summed E-state index contributed by atoms with van der Waals surface area (Å²) < 4.78 is 6.38. The highest BCUT2D eigenvalue weighted by molar-refractivity contribution is 6.30. The van der Waals surface area contributed by atoms with Crippen LogP contribution >= 0.6 is 11.6 Å². The van der Waals surface area contributed by atoms with E-state index in [0.717, 1.165) is 34.4 Å². The monoisotopic (exact) mass is 388 g/mol. The van der Waals surface area contributed by atoms with Crippen molar-refractivity contribution in [2.24, 2.45) is 0 Å². The standard InChI is InChI=1S/C21H25ClN2O3/c1-6-9-27-18-10-13(4)24(26)14(5)19(18)21(25)23-20-15(7-2)11-17(22)12-16(20)8-3/h6,10-12H,1,7-9H2,2-5H3,(H,23,25). The number of aromatic nitrogens is 1. The van der Waals surface area contributed by atoms with Gasteiger partial charge in [-0.05, 0) is 36.1 Å². The molecule has 0 radical (unpaired) electrons. The van der Waals surface area contributed by atoms with E-state index < -0.39 is 0 Å². The first-order valence-corrected chi connectivity index (χ1v) is 9.31. The summed E-state index contributed by atoms with van der Waals surface area (Å²) >= 11 is 6.19. The zero-order chi connectivity index (χ0) is 20.1. The predicted molar refractivity (Wildman–Crippen MR) is 109 cm³/mol. The normalized spacial score (nSPS) is 10.6. The van der Waals surface area contributed by atoms with Gasteiger partial charge in [0.2, 0.25) is 5.69 Å². The number of rotatable bonds is 7. The van der Waals surface area contributed by atoms with Crippen molar-refractivity contribution in [3.05, 3.63) is 69.2 Å². The quantitative estimate of drug-likeness (QED) is 0.430. The molecule has 144 valence electrons. The molecule has 2 aromatic rings. The molecule has 0 saturated carbocycles. The van der Waals surface area contributed by atoms with Crippen LogP contribution in [0.4, 0.5) is 5.69 Å². The molecule has 0 bridgehead atoms. The van der Waals surface area contributed by atoms with Gasteiger partial charge in [-0.3, -0.25) is 4.79 Å². The molecule has 1 aromatic carbocycles. The van der Waals surface area contributed by atoms with Gasteiger partial charge in [0.25, 0.3) is 5.91 Å². The Balaban J connectivity index is 2.53. The minimum Gasteiger partial charge on any atom is -0.618 e. The van der Waals surface area contributed by atoms with Crippen LogP contribution in [0, 0.1) is 19.1 Å². The fraction of sp³-hybridized carbons (Fsp3) is 0.333. The lowest BCUT2D eigenvalue weighted by Gasteiger charge is -2.18. The molecule has 6 heteroatoms. The predicted octanol–water partition coefficient (Wildman–Crippen LogP) is 4.53. The molecular formula is C21H25ClN2O3. The van der Waals surface area contributed by atoms with E-state index in [1.165, 1.54) is 0 Å². The summed E-state index contributed by atoms with van der Waals surface area (Å²) in [4.78, 5) is 13.1. The molecule has 0 unspecified atom stereocenters. The molecule has 0 aliphatic heterocycles. The van der Waals surface area contributed by atoms with E-state index in [-0.39, 0.29) is 23.8 Å². The van der Waals surface area contributed by atoms with Crippen molar-refractivity contribution in [3.8, 4) is 5.75 Å². The molecule has 0 atom stereocenters. The summed E-state index contributed by atoms with van der Waals surface area (Å²) in [6.45, 7) is 11.2. The van der Waals surface area contributed by atoms with Crippen molar-refractivity contribution >= 4 is 23.2 Å². The smallest absolute Gasteiger partial charge is 0.265 e. The Morgan fingerprint density at radius 3 is 2.37 bits per heavy atom. The zero-order valence-electron chi connectivity index (χ0n) is 16.2. The first kappa shape index (κ1) is 20.8. The summed E-state index contributed by atoms with van der Waals surface area (Å²) in [6, 6.07) is 5.27. The van der Waals surface area contributed by atoms with Crippen molar-refractivity contribution in [3.63, 3.8) is 0 Å². The molecule has 0 fully saturated rings. The number of nitrogens with one attached hydrogen (secondary N) is 1. The van der Waals surface area contributed by atoms with Crippen molar-refractivity contribution in [2.45, 2.75) is 40.5 Å². The number of pyridine rings is 1. The lowest BCUT2D eigenvalue weighted by molar-refractivity contribution is -0.619. The molecular weight excluding hydrogens is 364 g/mol. The van der Waals surface area contributed by atoms with Crippen LogP contribution in [0.2, 0.25) is 5.02 Å². The minimum atomic E-state index is -0.386. The maximum absolute atomic E-state index is 13.1. The second-order valence-corrected chi connectivity index (χ2v) is 6.70. The third-order valence-corrected chi connectivity index (χ3v) is 4.64. The van der Waals surface area contributed by atoms with Crippen LogP contribution in [0.3, 0.4) is 0 Å². The highest BCUT2D eigenvalue weighted by Crippen LogP contribution is 2.29. The Morgan fingerprint density at radius 2 is 1.85 bits per heavy atom. The van der Waals surface area contributed by atoms with Crippen LogP contribution in [-0.2, 0) is 12.8 Å². The van der Waals surface area contributed by atoms with Gasteiger partial charge in [-0.15, -0.1) is 0 Å². The molecule has 0 saturated heterocycles. The van der Waals surface area contributed by atoms with Gasteiger partial charge >= 0.3 is 0 Å². The lowest BCUT2D eigenvalue weighted by Crippen LogP contribution is -2.37. The molecule has 0 aliphatic rings. The topological polar surface area (TPSA) is 65.3 Å². The zero-order valence-corrected chi connectivity index (χ0v) is 16.9. The van der Waals surface area contributed by atoms with E-state index in [1.54, 1.807) is 26.0 Å². The number of halogens is 1. The fourth-order valence-electron chi connectivity index (χ4n) is 3.02. The number of amides is 1. The number of benzene rings is 1. The molecule has 1 N–H and O–H groups in total. The first-order valence-electron chi connectivity index (χ1n) is 8.94. The SMILES string of the molecule is C=CCOc1cc(C)[n+]([O-])c(C)c1C(=O)Nc1c(CC)cc(Cl)cc1CC. The van der Waals surface area contributed by atoms with Gasteiger partial charge in [-0.2, -0.15) is 4.73 Å². The van der Waals surface area contributed by atoms with E-state index in [9.17, 15) is 10.0 Å². The highest BCUT2D eigenvalue weighted by Gasteiger charge is 2.25. The van der Waals surface area contributed by atoms with Gasteiger partial charge in [-0.25, -0.2) is 0 Å². The van der Waals surface area contributed by atoms with Gasteiger partial charge in [0.15, 0.2) is 5.69 Å². The van der Waals surface area contributed by atoms with Crippen molar-refractivity contribution in [1.82, 2.24) is 0 Å². The van der Waals surface area contributed by atoms with Gasteiger partial charge in [0.05, 0.1) is 0 Å². The molecule has 1 amide bonds.